The fourth-order valence-electron chi connectivity index (χ4n) is 0.274. The van der Waals surface area contributed by atoms with Gasteiger partial charge in [-0.2, -0.15) is 4.31 Å². The van der Waals surface area contributed by atoms with Gasteiger partial charge >= 0.3 is 0 Å². The van der Waals surface area contributed by atoms with Crippen molar-refractivity contribution >= 4 is 11.3 Å². The third-order valence-electron chi connectivity index (χ3n) is 0.688. The van der Waals surface area contributed by atoms with Crippen molar-refractivity contribution in [3.05, 3.63) is 0 Å². The van der Waals surface area contributed by atoms with Crippen LogP contribution in [0.2, 0.25) is 0 Å². The van der Waals surface area contributed by atoms with Crippen LogP contribution < -0.4 is 0 Å². The van der Waals surface area contributed by atoms with E-state index < -0.39 is 24.7 Å². The summed E-state index contributed by atoms with van der Waals surface area (Å²) >= 11 is -2.38. The normalized spacial score (nSPS) is 14.2. The molecule has 0 fully saturated rings. The van der Waals surface area contributed by atoms with Gasteiger partial charge in [0.2, 0.25) is 11.3 Å². The lowest BCUT2D eigenvalue weighted by Gasteiger charge is -2.08. The van der Waals surface area contributed by atoms with E-state index in [4.69, 9.17) is 4.55 Å². The van der Waals surface area contributed by atoms with Crippen LogP contribution in [0.1, 0.15) is 0 Å². The van der Waals surface area contributed by atoms with Crippen molar-refractivity contribution < 1.29 is 17.5 Å². The van der Waals surface area contributed by atoms with Crippen LogP contribution in [-0.4, -0.2) is 33.1 Å². The van der Waals surface area contributed by atoms with Gasteiger partial charge in [0.25, 0.3) is 0 Å². The van der Waals surface area contributed by atoms with E-state index in [9.17, 15) is 13.0 Å². The Morgan fingerprint density at radius 3 is 2.22 bits per heavy atom. The maximum absolute atomic E-state index is 11.5. The van der Waals surface area contributed by atoms with E-state index in [1.54, 1.807) is 0 Å². The summed E-state index contributed by atoms with van der Waals surface area (Å²) in [6, 6.07) is 0. The third kappa shape index (κ3) is 3.50. The van der Waals surface area contributed by atoms with Crippen molar-refractivity contribution in [3.63, 3.8) is 0 Å². The summed E-state index contributed by atoms with van der Waals surface area (Å²) in [6.07, 6.45) is 0. The minimum absolute atomic E-state index is 0.348. The topological polar surface area (TPSA) is 40.5 Å². The lowest BCUT2D eigenvalue weighted by molar-refractivity contribution is 0.264. The van der Waals surface area contributed by atoms with Crippen LogP contribution in [0.3, 0.4) is 0 Å². The van der Waals surface area contributed by atoms with Crippen LogP contribution in [-0.2, 0) is 11.3 Å². The summed E-state index contributed by atoms with van der Waals surface area (Å²) in [7, 11) is 0. The smallest absolute Gasteiger partial charge is 0.236 e. The van der Waals surface area contributed by atoms with Gasteiger partial charge in [-0.1, -0.05) is 0 Å². The van der Waals surface area contributed by atoms with Gasteiger partial charge in [-0.05, 0) is 0 Å². The molecule has 9 heavy (non-hydrogen) atoms. The molecule has 0 aromatic heterocycles. The minimum atomic E-state index is -2.38. The van der Waals surface area contributed by atoms with Gasteiger partial charge in [-0.15, -0.1) is 0 Å². The number of hydrogen-bond donors (Lipinski definition) is 1. The first-order chi connectivity index (χ1) is 4.22. The Hall–Kier alpha value is -0.0700. The second-order valence-corrected chi connectivity index (χ2v) is 2.22. The molecule has 0 aliphatic heterocycles. The minimum Gasteiger partial charge on any atom is -0.294 e. The second kappa shape index (κ2) is 4.78. The maximum atomic E-state index is 11.5. The molecule has 0 aliphatic rings. The van der Waals surface area contributed by atoms with Gasteiger partial charge in [0.05, 0.1) is 0 Å². The number of halogens is 2. The van der Waals surface area contributed by atoms with Crippen LogP contribution in [0.4, 0.5) is 8.78 Å². The van der Waals surface area contributed by atoms with E-state index >= 15 is 0 Å². The average Bonchev–Trinajstić information content (AvgIpc) is 1.82. The van der Waals surface area contributed by atoms with Gasteiger partial charge in [0.15, 0.2) is 6.80 Å². The first-order valence-corrected chi connectivity index (χ1v) is 3.26. The van der Waals surface area contributed by atoms with E-state index in [0.29, 0.717) is 4.31 Å². The maximum Gasteiger partial charge on any atom is 0.236 e. The molecule has 0 rings (SSSR count). The summed E-state index contributed by atoms with van der Waals surface area (Å²) in [5.74, 6) is 0. The quantitative estimate of drug-likeness (QED) is 0.474. The van der Waals surface area contributed by atoms with Crippen LogP contribution >= 0.6 is 0 Å². The lowest BCUT2D eigenvalue weighted by atomic mass is 10.7. The fourth-order valence-corrected chi connectivity index (χ4v) is 0.583. The molecule has 1 unspecified atom stereocenters. The second-order valence-electron chi connectivity index (χ2n) is 1.24. The van der Waals surface area contributed by atoms with E-state index in [1.165, 1.54) is 0 Å². The van der Waals surface area contributed by atoms with E-state index in [0.717, 1.165) is 0 Å². The highest BCUT2D eigenvalue weighted by atomic mass is 32.2. The summed E-state index contributed by atoms with van der Waals surface area (Å²) < 4.78 is 41.4. The molecule has 0 bridgehead atoms. The fraction of sp³-hybridized carbons (Fsp3) is 1.00. The Morgan fingerprint density at radius 2 is 2.11 bits per heavy atom. The molecule has 6 heteroatoms. The lowest BCUT2D eigenvalue weighted by Crippen LogP contribution is -2.26. The SMILES string of the molecule is O=S(O)N(CF)CCF. The van der Waals surface area contributed by atoms with Crippen molar-refractivity contribution in [1.29, 1.82) is 0 Å². The Balaban J connectivity index is 3.54. The van der Waals surface area contributed by atoms with Gasteiger partial charge in [-0.25, -0.2) is 13.0 Å². The molecule has 0 amide bonds. The monoisotopic (exact) mass is 159 g/mol. The summed E-state index contributed by atoms with van der Waals surface area (Å²) in [6.45, 7) is -2.27. The molecule has 0 aliphatic carbocycles. The third-order valence-corrected chi connectivity index (χ3v) is 1.41. The predicted molar refractivity (Wildman–Crippen MR) is 29.4 cm³/mol. The number of nitrogens with zero attached hydrogens (tertiary/aromatic N) is 1. The van der Waals surface area contributed by atoms with Gasteiger partial charge in [-0.3, -0.25) is 4.55 Å². The molecular formula is C3H7F2NO2S. The van der Waals surface area contributed by atoms with Crippen molar-refractivity contribution in [2.45, 2.75) is 0 Å². The summed E-state index contributed by atoms with van der Waals surface area (Å²) in [4.78, 5) is 0. The highest BCUT2D eigenvalue weighted by Crippen LogP contribution is 1.91. The van der Waals surface area contributed by atoms with Crippen molar-refractivity contribution in [3.8, 4) is 0 Å². The van der Waals surface area contributed by atoms with Crippen LogP contribution in [0.25, 0.3) is 0 Å². The van der Waals surface area contributed by atoms with Gasteiger partial charge < -0.3 is 0 Å². The Morgan fingerprint density at radius 1 is 1.56 bits per heavy atom. The molecule has 1 atom stereocenters. The van der Waals surface area contributed by atoms with Crippen molar-refractivity contribution in [1.82, 2.24) is 4.31 Å². The molecule has 0 saturated heterocycles. The molecule has 3 nitrogen and oxygen atoms in total. The highest BCUT2D eigenvalue weighted by Gasteiger charge is 2.08. The Kier molecular flexibility index (Phi) is 4.74. The molecule has 0 aromatic carbocycles. The molecule has 0 heterocycles. The Bertz CT molecular complexity index is 102. The van der Waals surface area contributed by atoms with E-state index in [2.05, 4.69) is 0 Å². The highest BCUT2D eigenvalue weighted by molar-refractivity contribution is 7.76. The Labute approximate surface area is 54.1 Å². The molecule has 0 saturated carbocycles. The largest absolute Gasteiger partial charge is 0.294 e. The van der Waals surface area contributed by atoms with Crippen molar-refractivity contribution in [2.24, 2.45) is 0 Å². The molecule has 0 spiro atoms. The van der Waals surface area contributed by atoms with E-state index in [1.807, 2.05) is 0 Å². The molecule has 0 radical (unpaired) electrons. The first kappa shape index (κ1) is 8.93. The molecular weight excluding hydrogens is 152 g/mol. The zero-order valence-electron chi connectivity index (χ0n) is 4.59. The summed E-state index contributed by atoms with van der Waals surface area (Å²) in [5, 5.41) is 0. The number of rotatable bonds is 4. The van der Waals surface area contributed by atoms with E-state index in [-0.39, 0.29) is 6.54 Å². The first-order valence-electron chi connectivity index (χ1n) is 2.20. The standard InChI is InChI=1S/C3H7F2NO2S/c4-1-2-6(3-5)9(7)8/h1-3H2,(H,7,8). The van der Waals surface area contributed by atoms with Gasteiger partial charge in [0.1, 0.15) is 6.67 Å². The predicted octanol–water partition coefficient (Wildman–Crippen LogP) is 0.322. The zero-order valence-corrected chi connectivity index (χ0v) is 5.40. The zero-order chi connectivity index (χ0) is 7.28. The molecule has 56 valence electrons. The number of alkyl halides is 2. The van der Waals surface area contributed by atoms with Crippen LogP contribution in [0, 0.1) is 0 Å². The molecule has 0 aromatic rings. The summed E-state index contributed by atoms with van der Waals surface area (Å²) in [5.41, 5.74) is 0. The van der Waals surface area contributed by atoms with Crippen LogP contribution in [0.15, 0.2) is 0 Å². The van der Waals surface area contributed by atoms with Gasteiger partial charge in [0, 0.05) is 6.54 Å². The molecule has 1 N–H and O–H groups in total. The average molecular weight is 159 g/mol. The van der Waals surface area contributed by atoms with Crippen LogP contribution in [0.5, 0.6) is 0 Å². The number of hydrogen-bond acceptors (Lipinski definition) is 1. The van der Waals surface area contributed by atoms with Crippen molar-refractivity contribution in [2.75, 3.05) is 20.0 Å².